The van der Waals surface area contributed by atoms with Gasteiger partial charge in [-0.25, -0.2) is 0 Å². The minimum atomic E-state index is -1.11. The number of nitrogens with zero attached hydrogens (tertiary/aromatic N) is 4. The van der Waals surface area contributed by atoms with Gasteiger partial charge in [0.15, 0.2) is 0 Å². The highest BCUT2D eigenvalue weighted by Crippen LogP contribution is 2.25. The maximum Gasteiger partial charge on any atom is 0.323 e. The zero-order valence-electron chi connectivity index (χ0n) is 15.8. The number of carboxylic acid groups (broad SMARTS) is 1. The van der Waals surface area contributed by atoms with Crippen LogP contribution in [0.3, 0.4) is 0 Å². The fourth-order valence-corrected chi connectivity index (χ4v) is 3.52. The average Bonchev–Trinajstić information content (AvgIpc) is 2.69. The highest BCUT2D eigenvalue weighted by molar-refractivity contribution is 5.92. The summed E-state index contributed by atoms with van der Waals surface area (Å²) in [6, 6.07) is 6.76. The summed E-state index contributed by atoms with van der Waals surface area (Å²) in [6.45, 7) is 1.31. The van der Waals surface area contributed by atoms with Crippen molar-refractivity contribution in [2.24, 2.45) is 5.92 Å². The van der Waals surface area contributed by atoms with E-state index in [1.54, 1.807) is 19.3 Å². The largest absolute Gasteiger partial charge is 0.480 e. The third-order valence-electron chi connectivity index (χ3n) is 5.03. The molecular weight excluding hydrogens is 360 g/mol. The average molecular weight is 384 g/mol. The number of hydrogen-bond donors (Lipinski definition) is 1. The van der Waals surface area contributed by atoms with Gasteiger partial charge in [-0.1, -0.05) is 0 Å². The lowest BCUT2D eigenvalue weighted by Crippen LogP contribution is -2.38. The van der Waals surface area contributed by atoms with Gasteiger partial charge in [-0.2, -0.15) is 0 Å². The van der Waals surface area contributed by atoms with Gasteiger partial charge < -0.3 is 19.5 Å². The van der Waals surface area contributed by atoms with Gasteiger partial charge in [-0.15, -0.1) is 0 Å². The summed E-state index contributed by atoms with van der Waals surface area (Å²) in [7, 11) is 1.65. The first-order chi connectivity index (χ1) is 13.4. The van der Waals surface area contributed by atoms with Crippen LogP contribution in [-0.4, -0.2) is 46.7 Å². The molecule has 148 valence electrons. The Hall–Kier alpha value is -3.16. The molecule has 1 saturated heterocycles. The number of aromatic nitrogens is 2. The lowest BCUT2D eigenvalue weighted by molar-refractivity contribution is -0.137. The third-order valence-corrected chi connectivity index (χ3v) is 5.03. The van der Waals surface area contributed by atoms with Crippen LogP contribution < -0.4 is 15.4 Å². The Bertz CT molecular complexity index is 897. The number of rotatable bonds is 6. The molecule has 0 spiro atoms. The van der Waals surface area contributed by atoms with Crippen LogP contribution in [-0.2, 0) is 16.1 Å². The second kappa shape index (κ2) is 8.69. The van der Waals surface area contributed by atoms with E-state index in [4.69, 9.17) is 5.11 Å². The Morgan fingerprint density at radius 3 is 2.86 bits per heavy atom. The SMILES string of the molecule is CN(C(=O)CC1CCCN(c2cccnc2)C1)c1ccc(=O)n(CC(=O)O)c1. The van der Waals surface area contributed by atoms with Crippen LogP contribution in [0.1, 0.15) is 19.3 Å². The van der Waals surface area contributed by atoms with E-state index >= 15 is 0 Å². The van der Waals surface area contributed by atoms with E-state index in [-0.39, 0.29) is 11.8 Å². The zero-order chi connectivity index (χ0) is 20.1. The van der Waals surface area contributed by atoms with Crippen LogP contribution in [0.4, 0.5) is 11.4 Å². The van der Waals surface area contributed by atoms with E-state index in [1.165, 1.54) is 17.2 Å². The van der Waals surface area contributed by atoms with E-state index in [2.05, 4.69) is 9.88 Å². The molecule has 8 heteroatoms. The molecule has 0 aromatic carbocycles. The molecule has 2 aromatic heterocycles. The molecule has 1 N–H and O–H groups in total. The molecule has 0 aliphatic carbocycles. The van der Waals surface area contributed by atoms with Crippen LogP contribution in [0.25, 0.3) is 0 Å². The minimum absolute atomic E-state index is 0.0569. The molecule has 3 heterocycles. The van der Waals surface area contributed by atoms with Crippen LogP contribution in [0, 0.1) is 5.92 Å². The van der Waals surface area contributed by atoms with E-state index < -0.39 is 18.1 Å². The first-order valence-corrected chi connectivity index (χ1v) is 9.28. The predicted molar refractivity (Wildman–Crippen MR) is 106 cm³/mol. The van der Waals surface area contributed by atoms with Crippen molar-refractivity contribution in [3.63, 3.8) is 0 Å². The second-order valence-electron chi connectivity index (χ2n) is 7.07. The Balaban J connectivity index is 1.65. The summed E-state index contributed by atoms with van der Waals surface area (Å²) in [4.78, 5) is 43.3. The number of amides is 1. The Morgan fingerprint density at radius 1 is 1.32 bits per heavy atom. The second-order valence-corrected chi connectivity index (χ2v) is 7.07. The van der Waals surface area contributed by atoms with Gasteiger partial charge in [0.2, 0.25) is 5.91 Å². The van der Waals surface area contributed by atoms with E-state index in [9.17, 15) is 14.4 Å². The number of carbonyl (C=O) groups is 2. The first-order valence-electron chi connectivity index (χ1n) is 9.28. The van der Waals surface area contributed by atoms with Crippen molar-refractivity contribution in [2.75, 3.05) is 29.9 Å². The first kappa shape index (κ1) is 19.6. The Labute approximate surface area is 163 Å². The van der Waals surface area contributed by atoms with Crippen LogP contribution in [0.2, 0.25) is 0 Å². The molecule has 1 fully saturated rings. The van der Waals surface area contributed by atoms with Crippen molar-refractivity contribution in [3.05, 3.63) is 53.2 Å². The van der Waals surface area contributed by atoms with E-state index in [0.717, 1.165) is 36.2 Å². The standard InChI is InChI=1S/C20H24N4O4/c1-22(17-6-7-18(25)24(13-17)14-20(27)28)19(26)10-15-4-3-9-23(12-15)16-5-2-8-21-11-16/h2,5-8,11,13,15H,3-4,9-10,12,14H2,1H3,(H,27,28). The molecule has 0 saturated carbocycles. The van der Waals surface area contributed by atoms with Crippen LogP contribution >= 0.6 is 0 Å². The Morgan fingerprint density at radius 2 is 2.14 bits per heavy atom. The molecule has 1 atom stereocenters. The molecule has 8 nitrogen and oxygen atoms in total. The maximum absolute atomic E-state index is 12.8. The number of carbonyl (C=O) groups excluding carboxylic acids is 1. The van der Waals surface area contributed by atoms with Gasteiger partial charge in [-0.05, 0) is 37.0 Å². The molecular formula is C20H24N4O4. The lowest BCUT2D eigenvalue weighted by Gasteiger charge is -2.34. The van der Waals surface area contributed by atoms with Gasteiger partial charge in [0.25, 0.3) is 5.56 Å². The summed E-state index contributed by atoms with van der Waals surface area (Å²) < 4.78 is 1.09. The quantitative estimate of drug-likeness (QED) is 0.813. The summed E-state index contributed by atoms with van der Waals surface area (Å²) in [5.41, 5.74) is 1.16. The number of aliphatic carboxylic acids is 1. The third kappa shape index (κ3) is 4.76. The molecule has 0 radical (unpaired) electrons. The van der Waals surface area contributed by atoms with Crippen LogP contribution in [0.5, 0.6) is 0 Å². The van der Waals surface area contributed by atoms with E-state index in [1.807, 2.05) is 18.3 Å². The fraction of sp³-hybridized carbons (Fsp3) is 0.400. The molecule has 1 amide bonds. The summed E-state index contributed by atoms with van der Waals surface area (Å²) in [5, 5.41) is 8.92. The van der Waals surface area contributed by atoms with Gasteiger partial charge in [-0.3, -0.25) is 19.4 Å². The van der Waals surface area contributed by atoms with Crippen molar-refractivity contribution >= 4 is 23.3 Å². The highest BCUT2D eigenvalue weighted by Gasteiger charge is 2.24. The zero-order valence-corrected chi connectivity index (χ0v) is 15.8. The van der Waals surface area contributed by atoms with Gasteiger partial charge in [0.05, 0.1) is 17.6 Å². The highest BCUT2D eigenvalue weighted by atomic mass is 16.4. The summed E-state index contributed by atoms with van der Waals surface area (Å²) in [6.07, 6.45) is 7.38. The van der Waals surface area contributed by atoms with Crippen molar-refractivity contribution in [1.29, 1.82) is 0 Å². The topological polar surface area (TPSA) is 95.7 Å². The van der Waals surface area contributed by atoms with E-state index in [0.29, 0.717) is 12.1 Å². The summed E-state index contributed by atoms with van der Waals surface area (Å²) >= 11 is 0. The molecule has 28 heavy (non-hydrogen) atoms. The van der Waals surface area contributed by atoms with Crippen molar-refractivity contribution < 1.29 is 14.7 Å². The predicted octanol–water partition coefficient (Wildman–Crippen LogP) is 1.60. The van der Waals surface area contributed by atoms with Gasteiger partial charge in [0.1, 0.15) is 6.54 Å². The monoisotopic (exact) mass is 384 g/mol. The lowest BCUT2D eigenvalue weighted by atomic mass is 9.94. The minimum Gasteiger partial charge on any atom is -0.480 e. The van der Waals surface area contributed by atoms with Crippen molar-refractivity contribution in [3.8, 4) is 0 Å². The molecule has 3 rings (SSSR count). The van der Waals surface area contributed by atoms with Crippen molar-refractivity contribution in [1.82, 2.24) is 9.55 Å². The number of anilines is 2. The molecule has 0 bridgehead atoms. The molecule has 1 aliphatic rings. The number of hydrogen-bond acceptors (Lipinski definition) is 5. The van der Waals surface area contributed by atoms with Gasteiger partial charge in [0, 0.05) is 45.0 Å². The van der Waals surface area contributed by atoms with Crippen molar-refractivity contribution in [2.45, 2.75) is 25.8 Å². The fourth-order valence-electron chi connectivity index (χ4n) is 3.52. The number of pyridine rings is 2. The maximum atomic E-state index is 12.8. The smallest absolute Gasteiger partial charge is 0.323 e. The molecule has 2 aromatic rings. The molecule has 1 aliphatic heterocycles. The normalized spacial score (nSPS) is 16.6. The Kier molecular flexibility index (Phi) is 6.08. The molecule has 1 unspecified atom stereocenters. The summed E-state index contributed by atoms with van der Waals surface area (Å²) in [5.74, 6) is -0.932. The number of piperidine rings is 1. The van der Waals surface area contributed by atoms with Gasteiger partial charge >= 0.3 is 5.97 Å². The van der Waals surface area contributed by atoms with Crippen LogP contribution in [0.15, 0.2) is 47.7 Å². The number of carboxylic acids is 1.